The van der Waals surface area contributed by atoms with Gasteiger partial charge in [0.15, 0.2) is 0 Å². The first-order chi connectivity index (χ1) is 10.1. The Morgan fingerprint density at radius 2 is 1.71 bits per heavy atom. The molecule has 2 rings (SSSR count). The minimum Gasteiger partial charge on any atom is -0.371 e. The molecule has 0 saturated carbocycles. The Hall–Kier alpha value is -2.14. The first-order valence-corrected chi connectivity index (χ1v) is 6.63. The summed E-state index contributed by atoms with van der Waals surface area (Å²) in [6, 6.07) is 10.6. The van der Waals surface area contributed by atoms with Crippen LogP contribution in [0.25, 0.3) is 0 Å². The van der Waals surface area contributed by atoms with Crippen molar-refractivity contribution < 1.29 is 13.6 Å². The van der Waals surface area contributed by atoms with Crippen LogP contribution in [0.1, 0.15) is 5.56 Å². The van der Waals surface area contributed by atoms with E-state index in [2.05, 4.69) is 10.6 Å². The van der Waals surface area contributed by atoms with Gasteiger partial charge in [0.2, 0.25) is 5.91 Å². The number of hydrogen-bond acceptors (Lipinski definition) is 2. The van der Waals surface area contributed by atoms with Crippen molar-refractivity contribution in [3.05, 3.63) is 64.7 Å². The van der Waals surface area contributed by atoms with Crippen LogP contribution in [0, 0.1) is 11.6 Å². The van der Waals surface area contributed by atoms with E-state index in [-0.39, 0.29) is 18.8 Å². The molecule has 21 heavy (non-hydrogen) atoms. The van der Waals surface area contributed by atoms with Crippen LogP contribution in [0.5, 0.6) is 0 Å². The van der Waals surface area contributed by atoms with Gasteiger partial charge in [0.25, 0.3) is 0 Å². The van der Waals surface area contributed by atoms with Crippen molar-refractivity contribution in [2.24, 2.45) is 0 Å². The molecule has 2 aromatic carbocycles. The van der Waals surface area contributed by atoms with E-state index >= 15 is 0 Å². The van der Waals surface area contributed by atoms with Crippen molar-refractivity contribution in [1.82, 2.24) is 5.32 Å². The molecule has 0 bridgehead atoms. The van der Waals surface area contributed by atoms with Gasteiger partial charge in [-0.15, -0.1) is 0 Å². The highest BCUT2D eigenvalue weighted by Gasteiger charge is 2.09. The van der Waals surface area contributed by atoms with Crippen LogP contribution >= 0.6 is 11.6 Å². The number of anilines is 1. The molecular weight excluding hydrogens is 298 g/mol. The fourth-order valence-corrected chi connectivity index (χ4v) is 1.94. The van der Waals surface area contributed by atoms with Gasteiger partial charge in [-0.05, 0) is 23.8 Å². The molecule has 0 aromatic heterocycles. The molecule has 0 heterocycles. The molecule has 3 nitrogen and oxygen atoms in total. The Labute approximate surface area is 125 Å². The van der Waals surface area contributed by atoms with E-state index in [9.17, 15) is 13.6 Å². The number of nitrogens with one attached hydrogen (secondary N) is 2. The summed E-state index contributed by atoms with van der Waals surface area (Å²) in [5.74, 6) is -1.87. The zero-order valence-electron chi connectivity index (χ0n) is 11.0. The minimum atomic E-state index is -0.742. The van der Waals surface area contributed by atoms with Crippen molar-refractivity contribution in [2.75, 3.05) is 11.9 Å². The van der Waals surface area contributed by atoms with Crippen molar-refractivity contribution in [3.8, 4) is 0 Å². The van der Waals surface area contributed by atoms with Crippen LogP contribution in [0.15, 0.2) is 42.5 Å². The largest absolute Gasteiger partial charge is 0.371 e. The third-order valence-corrected chi connectivity index (χ3v) is 3.19. The Bertz CT molecular complexity index is 629. The second-order valence-electron chi connectivity index (χ2n) is 4.32. The summed E-state index contributed by atoms with van der Waals surface area (Å²) in [6.45, 7) is 0.0161. The van der Waals surface area contributed by atoms with E-state index in [4.69, 9.17) is 11.6 Å². The second-order valence-corrected chi connectivity index (χ2v) is 4.73. The predicted octanol–water partition coefficient (Wildman–Crippen LogP) is 3.35. The average molecular weight is 311 g/mol. The average Bonchev–Trinajstić information content (AvgIpc) is 2.46. The number of carbonyl (C=O) groups excluding carboxylic acids is 1. The van der Waals surface area contributed by atoms with Crippen molar-refractivity contribution in [3.63, 3.8) is 0 Å². The zero-order chi connectivity index (χ0) is 15.2. The van der Waals surface area contributed by atoms with Crippen LogP contribution in [0.2, 0.25) is 5.02 Å². The normalized spacial score (nSPS) is 10.2. The van der Waals surface area contributed by atoms with Crippen LogP contribution in [0.3, 0.4) is 0 Å². The van der Waals surface area contributed by atoms with Gasteiger partial charge in [-0.2, -0.15) is 0 Å². The molecule has 2 aromatic rings. The number of rotatable bonds is 5. The molecule has 6 heteroatoms. The van der Waals surface area contributed by atoms with E-state index in [0.29, 0.717) is 5.02 Å². The molecule has 0 spiro atoms. The smallest absolute Gasteiger partial charge is 0.239 e. The SMILES string of the molecule is O=C(CNc1c(F)cccc1F)NCc1ccccc1Cl. The number of hydrogen-bond donors (Lipinski definition) is 2. The Morgan fingerprint density at radius 3 is 2.38 bits per heavy atom. The molecule has 1 amide bonds. The Morgan fingerprint density at radius 1 is 1.05 bits per heavy atom. The van der Waals surface area contributed by atoms with Gasteiger partial charge in [-0.3, -0.25) is 4.79 Å². The number of amides is 1. The van der Waals surface area contributed by atoms with Gasteiger partial charge in [-0.25, -0.2) is 8.78 Å². The number of carbonyl (C=O) groups is 1. The summed E-state index contributed by atoms with van der Waals surface area (Å²) in [4.78, 5) is 11.7. The standard InChI is InChI=1S/C15H13ClF2N2O/c16-11-5-2-1-4-10(11)8-19-14(21)9-20-15-12(17)6-3-7-13(15)18/h1-7,20H,8-9H2,(H,19,21). The lowest BCUT2D eigenvalue weighted by molar-refractivity contribution is -0.119. The van der Waals surface area contributed by atoms with Gasteiger partial charge in [0.05, 0.1) is 6.54 Å². The first-order valence-electron chi connectivity index (χ1n) is 6.26. The van der Waals surface area contributed by atoms with Gasteiger partial charge in [-0.1, -0.05) is 35.9 Å². The van der Waals surface area contributed by atoms with E-state index in [1.54, 1.807) is 24.3 Å². The summed E-state index contributed by atoms with van der Waals surface area (Å²) in [5.41, 5.74) is 0.454. The summed E-state index contributed by atoms with van der Waals surface area (Å²) in [7, 11) is 0. The summed E-state index contributed by atoms with van der Waals surface area (Å²) in [5, 5.41) is 5.60. The molecule has 0 aliphatic rings. The number of halogens is 3. The topological polar surface area (TPSA) is 41.1 Å². The van der Waals surface area contributed by atoms with Crippen LogP contribution in [0.4, 0.5) is 14.5 Å². The maximum atomic E-state index is 13.4. The lowest BCUT2D eigenvalue weighted by Gasteiger charge is -2.10. The third-order valence-electron chi connectivity index (χ3n) is 2.82. The third kappa shape index (κ3) is 4.16. The predicted molar refractivity (Wildman–Crippen MR) is 78.1 cm³/mol. The summed E-state index contributed by atoms with van der Waals surface area (Å²) >= 11 is 5.96. The summed E-state index contributed by atoms with van der Waals surface area (Å²) in [6.07, 6.45) is 0. The fraction of sp³-hybridized carbons (Fsp3) is 0.133. The lowest BCUT2D eigenvalue weighted by atomic mass is 10.2. The Kier molecular flexibility index (Phi) is 5.11. The van der Waals surface area contributed by atoms with Gasteiger partial charge < -0.3 is 10.6 Å². The zero-order valence-corrected chi connectivity index (χ0v) is 11.8. The molecule has 110 valence electrons. The molecule has 0 saturated heterocycles. The maximum Gasteiger partial charge on any atom is 0.239 e. The van der Waals surface area contributed by atoms with Crippen LogP contribution < -0.4 is 10.6 Å². The van der Waals surface area contributed by atoms with Gasteiger partial charge in [0, 0.05) is 11.6 Å². The molecule has 0 aliphatic heterocycles. The van der Waals surface area contributed by atoms with Crippen molar-refractivity contribution in [1.29, 1.82) is 0 Å². The quantitative estimate of drug-likeness (QED) is 0.889. The summed E-state index contributed by atoms with van der Waals surface area (Å²) < 4.78 is 26.7. The van der Waals surface area contributed by atoms with Gasteiger partial charge in [0.1, 0.15) is 17.3 Å². The number of benzene rings is 2. The highest BCUT2D eigenvalue weighted by Crippen LogP contribution is 2.17. The van der Waals surface area contributed by atoms with E-state index in [1.807, 2.05) is 0 Å². The molecule has 2 N–H and O–H groups in total. The molecule has 0 aliphatic carbocycles. The molecular formula is C15H13ClF2N2O. The monoisotopic (exact) mass is 310 g/mol. The van der Waals surface area contributed by atoms with Gasteiger partial charge >= 0.3 is 0 Å². The maximum absolute atomic E-state index is 13.4. The second kappa shape index (κ2) is 7.04. The van der Waals surface area contributed by atoms with E-state index < -0.39 is 17.5 Å². The number of para-hydroxylation sites is 1. The Balaban J connectivity index is 1.87. The highest BCUT2D eigenvalue weighted by molar-refractivity contribution is 6.31. The van der Waals surface area contributed by atoms with Crippen molar-refractivity contribution in [2.45, 2.75) is 6.54 Å². The molecule has 0 atom stereocenters. The fourth-order valence-electron chi connectivity index (χ4n) is 1.73. The lowest BCUT2D eigenvalue weighted by Crippen LogP contribution is -2.29. The van der Waals surface area contributed by atoms with E-state index in [0.717, 1.165) is 17.7 Å². The molecule has 0 fully saturated rings. The van der Waals surface area contributed by atoms with Crippen LogP contribution in [-0.4, -0.2) is 12.5 Å². The first kappa shape index (κ1) is 15.3. The highest BCUT2D eigenvalue weighted by atomic mass is 35.5. The molecule has 0 radical (unpaired) electrons. The van der Waals surface area contributed by atoms with E-state index in [1.165, 1.54) is 6.07 Å². The molecule has 0 unspecified atom stereocenters. The minimum absolute atomic E-state index is 0.234. The van der Waals surface area contributed by atoms with Crippen molar-refractivity contribution >= 4 is 23.2 Å². The van der Waals surface area contributed by atoms with Crippen LogP contribution in [-0.2, 0) is 11.3 Å².